The van der Waals surface area contributed by atoms with Crippen LogP contribution in [0.4, 0.5) is 0 Å². The molecule has 2 aromatic rings. The van der Waals surface area contributed by atoms with Crippen LogP contribution in [0.1, 0.15) is 37.9 Å². The molecule has 0 bridgehead atoms. The Kier molecular flexibility index (Phi) is 4.52. The maximum atomic E-state index is 6.05. The SMILES string of the molecule is CC[C@@H](N)c1cncn1CCCCn1ccnc1. The molecule has 5 heteroatoms. The molecule has 18 heavy (non-hydrogen) atoms. The van der Waals surface area contributed by atoms with E-state index < -0.39 is 0 Å². The summed E-state index contributed by atoms with van der Waals surface area (Å²) in [6, 6.07) is 0.0983. The molecule has 0 radical (unpaired) electrons. The van der Waals surface area contributed by atoms with Crippen LogP contribution in [0.5, 0.6) is 0 Å². The van der Waals surface area contributed by atoms with Crippen molar-refractivity contribution in [1.82, 2.24) is 19.1 Å². The van der Waals surface area contributed by atoms with Crippen LogP contribution in [0.15, 0.2) is 31.2 Å². The van der Waals surface area contributed by atoms with E-state index in [4.69, 9.17) is 5.73 Å². The zero-order valence-electron chi connectivity index (χ0n) is 10.9. The highest BCUT2D eigenvalue weighted by Gasteiger charge is 2.08. The van der Waals surface area contributed by atoms with Crippen molar-refractivity contribution in [2.45, 2.75) is 45.3 Å². The largest absolute Gasteiger partial charge is 0.337 e. The Hall–Kier alpha value is -1.62. The number of imidazole rings is 2. The first-order valence-corrected chi connectivity index (χ1v) is 6.52. The molecule has 0 spiro atoms. The molecule has 98 valence electrons. The van der Waals surface area contributed by atoms with E-state index in [9.17, 15) is 0 Å². The minimum absolute atomic E-state index is 0.0983. The van der Waals surface area contributed by atoms with Gasteiger partial charge in [0.2, 0.25) is 0 Å². The van der Waals surface area contributed by atoms with Crippen LogP contribution in [-0.2, 0) is 13.1 Å². The molecule has 2 aromatic heterocycles. The zero-order chi connectivity index (χ0) is 12.8. The van der Waals surface area contributed by atoms with Crippen LogP contribution >= 0.6 is 0 Å². The molecule has 0 amide bonds. The molecule has 0 saturated heterocycles. The number of rotatable bonds is 7. The maximum Gasteiger partial charge on any atom is 0.0948 e. The van der Waals surface area contributed by atoms with Crippen LogP contribution < -0.4 is 5.73 Å². The molecule has 2 N–H and O–H groups in total. The Bertz CT molecular complexity index is 446. The number of aryl methyl sites for hydroxylation is 2. The molecule has 2 rings (SSSR count). The summed E-state index contributed by atoms with van der Waals surface area (Å²) in [4.78, 5) is 8.22. The van der Waals surface area contributed by atoms with Gasteiger partial charge in [0.05, 0.1) is 18.3 Å². The fourth-order valence-corrected chi connectivity index (χ4v) is 2.03. The van der Waals surface area contributed by atoms with E-state index in [0.29, 0.717) is 0 Å². The molecule has 0 saturated carbocycles. The number of nitrogens with zero attached hydrogens (tertiary/aromatic N) is 4. The van der Waals surface area contributed by atoms with Crippen LogP contribution in [0.25, 0.3) is 0 Å². The molecular weight excluding hydrogens is 226 g/mol. The summed E-state index contributed by atoms with van der Waals surface area (Å²) in [5, 5.41) is 0. The third-order valence-corrected chi connectivity index (χ3v) is 3.19. The Morgan fingerprint density at radius 2 is 2.06 bits per heavy atom. The van der Waals surface area contributed by atoms with Crippen molar-refractivity contribution < 1.29 is 0 Å². The smallest absolute Gasteiger partial charge is 0.0948 e. The normalized spacial score (nSPS) is 12.8. The number of aromatic nitrogens is 4. The molecule has 0 aliphatic heterocycles. The fraction of sp³-hybridized carbons (Fsp3) is 0.538. The summed E-state index contributed by atoms with van der Waals surface area (Å²) >= 11 is 0. The Labute approximate surface area is 108 Å². The van der Waals surface area contributed by atoms with Gasteiger partial charge in [-0.3, -0.25) is 0 Å². The maximum absolute atomic E-state index is 6.05. The van der Waals surface area contributed by atoms with E-state index in [-0.39, 0.29) is 6.04 Å². The first-order valence-electron chi connectivity index (χ1n) is 6.52. The van der Waals surface area contributed by atoms with Gasteiger partial charge < -0.3 is 14.9 Å². The third kappa shape index (κ3) is 3.20. The fourth-order valence-electron chi connectivity index (χ4n) is 2.03. The molecule has 1 atom stereocenters. The van der Waals surface area contributed by atoms with Gasteiger partial charge in [-0.2, -0.15) is 0 Å². The highest BCUT2D eigenvalue weighted by Crippen LogP contribution is 2.13. The van der Waals surface area contributed by atoms with Crippen LogP contribution in [0, 0.1) is 0 Å². The van der Waals surface area contributed by atoms with Crippen molar-refractivity contribution in [3.05, 3.63) is 36.9 Å². The van der Waals surface area contributed by atoms with Crippen molar-refractivity contribution in [1.29, 1.82) is 0 Å². The quantitative estimate of drug-likeness (QED) is 0.761. The molecule has 0 aliphatic rings. The van der Waals surface area contributed by atoms with Crippen molar-refractivity contribution in [2.24, 2.45) is 5.73 Å². The Morgan fingerprint density at radius 3 is 2.78 bits per heavy atom. The monoisotopic (exact) mass is 247 g/mol. The molecule has 5 nitrogen and oxygen atoms in total. The molecule has 2 heterocycles. The molecule has 0 fully saturated rings. The Balaban J connectivity index is 1.78. The summed E-state index contributed by atoms with van der Waals surface area (Å²) in [6.07, 6.45) is 12.6. The minimum atomic E-state index is 0.0983. The lowest BCUT2D eigenvalue weighted by Gasteiger charge is -2.12. The lowest BCUT2D eigenvalue weighted by molar-refractivity contribution is 0.525. The van der Waals surface area contributed by atoms with E-state index in [1.807, 2.05) is 31.2 Å². The summed E-state index contributed by atoms with van der Waals surface area (Å²) in [5.74, 6) is 0. The van der Waals surface area contributed by atoms with Gasteiger partial charge in [-0.05, 0) is 19.3 Å². The number of nitrogens with two attached hydrogens (primary N) is 1. The lowest BCUT2D eigenvalue weighted by Crippen LogP contribution is -2.14. The number of hydrogen-bond donors (Lipinski definition) is 1. The van der Waals surface area contributed by atoms with Crippen molar-refractivity contribution in [3.63, 3.8) is 0 Å². The molecule has 0 aliphatic carbocycles. The number of hydrogen-bond acceptors (Lipinski definition) is 3. The summed E-state index contributed by atoms with van der Waals surface area (Å²) in [7, 11) is 0. The average molecular weight is 247 g/mol. The molecule has 0 unspecified atom stereocenters. The zero-order valence-corrected chi connectivity index (χ0v) is 10.9. The highest BCUT2D eigenvalue weighted by molar-refractivity contribution is 5.04. The molecule has 0 aromatic carbocycles. The van der Waals surface area contributed by atoms with Gasteiger partial charge >= 0.3 is 0 Å². The van der Waals surface area contributed by atoms with E-state index in [1.54, 1.807) is 0 Å². The molecular formula is C13H21N5. The van der Waals surface area contributed by atoms with Crippen LogP contribution in [0.3, 0.4) is 0 Å². The Morgan fingerprint density at radius 1 is 1.22 bits per heavy atom. The van der Waals surface area contributed by atoms with E-state index in [1.165, 1.54) is 0 Å². The predicted octanol–water partition coefficient (Wildman–Crippen LogP) is 1.97. The van der Waals surface area contributed by atoms with Gasteiger partial charge in [0.1, 0.15) is 0 Å². The van der Waals surface area contributed by atoms with E-state index in [0.717, 1.165) is 38.0 Å². The lowest BCUT2D eigenvalue weighted by atomic mass is 10.2. The van der Waals surface area contributed by atoms with Crippen LogP contribution in [0.2, 0.25) is 0 Å². The van der Waals surface area contributed by atoms with Gasteiger partial charge in [0, 0.05) is 37.7 Å². The van der Waals surface area contributed by atoms with Crippen molar-refractivity contribution >= 4 is 0 Å². The van der Waals surface area contributed by atoms with Crippen molar-refractivity contribution in [2.75, 3.05) is 0 Å². The summed E-state index contributed by atoms with van der Waals surface area (Å²) in [6.45, 7) is 4.10. The highest BCUT2D eigenvalue weighted by atomic mass is 15.1. The second-order valence-electron chi connectivity index (χ2n) is 4.53. The minimum Gasteiger partial charge on any atom is -0.337 e. The van der Waals surface area contributed by atoms with E-state index >= 15 is 0 Å². The summed E-state index contributed by atoms with van der Waals surface area (Å²) < 4.78 is 4.27. The topological polar surface area (TPSA) is 61.7 Å². The first-order chi connectivity index (χ1) is 8.81. The van der Waals surface area contributed by atoms with E-state index in [2.05, 4.69) is 26.0 Å². The van der Waals surface area contributed by atoms with Gasteiger partial charge in [0.25, 0.3) is 0 Å². The van der Waals surface area contributed by atoms with Crippen molar-refractivity contribution in [3.8, 4) is 0 Å². The predicted molar refractivity (Wildman–Crippen MR) is 70.9 cm³/mol. The van der Waals surface area contributed by atoms with Gasteiger partial charge in [0.15, 0.2) is 0 Å². The average Bonchev–Trinajstić information content (AvgIpc) is 3.04. The summed E-state index contributed by atoms with van der Waals surface area (Å²) in [5.41, 5.74) is 7.19. The van der Waals surface area contributed by atoms with Crippen LogP contribution in [-0.4, -0.2) is 19.1 Å². The second kappa shape index (κ2) is 6.35. The van der Waals surface area contributed by atoms with Gasteiger partial charge in [-0.25, -0.2) is 9.97 Å². The second-order valence-corrected chi connectivity index (χ2v) is 4.53. The standard InChI is InChI=1S/C13H21N5/c1-2-12(14)13-9-16-11-18(13)7-4-3-6-17-8-5-15-10-17/h5,8-12H,2-4,6-7,14H2,1H3/t12-/m1/s1. The number of unbranched alkanes of at least 4 members (excludes halogenated alkanes) is 1. The van der Waals surface area contributed by atoms with Gasteiger partial charge in [-0.15, -0.1) is 0 Å². The van der Waals surface area contributed by atoms with Gasteiger partial charge in [-0.1, -0.05) is 6.92 Å². The first kappa shape index (κ1) is 12.8. The third-order valence-electron chi connectivity index (χ3n) is 3.19.